The van der Waals surface area contributed by atoms with E-state index in [1.54, 1.807) is 0 Å². The molecule has 190 valence electrons. The topological polar surface area (TPSA) is 8.81 Å². The van der Waals surface area contributed by atoms with Crippen LogP contribution in [-0.2, 0) is 6.54 Å². The number of hydrogen-bond acceptors (Lipinski definition) is 0. The van der Waals surface area contributed by atoms with E-state index in [2.05, 4.69) is 83.3 Å². The summed E-state index contributed by atoms with van der Waals surface area (Å²) in [4.78, 5) is 0. The van der Waals surface area contributed by atoms with Crippen LogP contribution in [0.5, 0.6) is 0 Å². The molecule has 0 amide bonds. The van der Waals surface area contributed by atoms with Gasteiger partial charge in [-0.25, -0.2) is 9.13 Å². The van der Waals surface area contributed by atoms with Gasteiger partial charge in [-0.3, -0.25) is 0 Å². The number of rotatable bonds is 16. The van der Waals surface area contributed by atoms with Gasteiger partial charge in [0.2, 0.25) is 6.33 Å². The van der Waals surface area contributed by atoms with Crippen LogP contribution in [0.1, 0.15) is 114 Å². The maximum atomic E-state index is 2.40. The summed E-state index contributed by atoms with van der Waals surface area (Å²) in [5.74, 6) is 0. The molecular weight excluding hydrogens is 492 g/mol. The predicted octanol–water partition coefficient (Wildman–Crippen LogP) is 5.88. The van der Waals surface area contributed by atoms with Crippen molar-refractivity contribution in [3.05, 3.63) is 78.4 Å². The molecule has 0 aliphatic heterocycles. The first kappa shape index (κ1) is 27.7. The highest BCUT2D eigenvalue weighted by Gasteiger charge is 2.32. The van der Waals surface area contributed by atoms with E-state index in [0.29, 0.717) is 6.04 Å². The number of hydrogen-bond donors (Lipinski definition) is 0. The van der Waals surface area contributed by atoms with Gasteiger partial charge in [-0.1, -0.05) is 133 Å². The van der Waals surface area contributed by atoms with Crippen molar-refractivity contribution in [3.8, 4) is 11.1 Å². The van der Waals surface area contributed by atoms with Crippen molar-refractivity contribution < 1.29 is 21.5 Å². The van der Waals surface area contributed by atoms with Crippen LogP contribution in [0.25, 0.3) is 11.1 Å². The average Bonchev–Trinajstić information content (AvgIpc) is 3.46. The van der Waals surface area contributed by atoms with Gasteiger partial charge in [-0.05, 0) is 24.0 Å². The summed E-state index contributed by atoms with van der Waals surface area (Å²) in [5.41, 5.74) is 5.61. The Morgan fingerprint density at radius 1 is 0.629 bits per heavy atom. The fraction of sp³-hybridized carbons (Fsp3) is 0.531. The third kappa shape index (κ3) is 7.81. The summed E-state index contributed by atoms with van der Waals surface area (Å²) < 4.78 is 4.78. The number of benzene rings is 2. The van der Waals surface area contributed by atoms with Gasteiger partial charge < -0.3 is 17.0 Å². The molecule has 0 bridgehead atoms. The number of aromatic nitrogens is 2. The van der Waals surface area contributed by atoms with E-state index < -0.39 is 0 Å². The standard InChI is InChI=1S/C32H45N2.BrH/c1-2-3-4-5-6-7-8-9-10-11-12-13-14-19-24-33-25-26-34(27-33)32-30-22-17-15-20-28(30)29-21-16-18-23-31(29)32;/h15-18,20-23,25-27,32H,2-14,19,24H2,1H3;1H/q+1;/p-1. The van der Waals surface area contributed by atoms with E-state index in [1.807, 2.05) is 0 Å². The van der Waals surface area contributed by atoms with E-state index in [9.17, 15) is 0 Å². The minimum atomic E-state index is 0. The van der Waals surface area contributed by atoms with Gasteiger partial charge in [-0.15, -0.1) is 0 Å². The number of fused-ring (bicyclic) bond motifs is 3. The lowest BCUT2D eigenvalue weighted by Gasteiger charge is -2.09. The zero-order chi connectivity index (χ0) is 23.4. The lowest BCUT2D eigenvalue weighted by molar-refractivity contribution is -0.697. The largest absolute Gasteiger partial charge is 1.00 e. The second kappa shape index (κ2) is 15.3. The molecule has 0 radical (unpaired) electrons. The van der Waals surface area contributed by atoms with Gasteiger partial charge in [-0.2, -0.15) is 0 Å². The summed E-state index contributed by atoms with van der Waals surface area (Å²) in [6.07, 6.45) is 26.6. The molecule has 1 aromatic heterocycles. The Bertz CT molecular complexity index is 947. The summed E-state index contributed by atoms with van der Waals surface area (Å²) in [5, 5.41) is 0. The van der Waals surface area contributed by atoms with Gasteiger partial charge in [0.05, 0.1) is 6.54 Å². The summed E-state index contributed by atoms with van der Waals surface area (Å²) >= 11 is 0. The average molecular weight is 538 g/mol. The van der Waals surface area contributed by atoms with Crippen LogP contribution in [0.15, 0.2) is 67.3 Å². The molecule has 1 aliphatic carbocycles. The third-order valence-corrected chi connectivity index (χ3v) is 7.58. The molecule has 2 nitrogen and oxygen atoms in total. The molecule has 3 heteroatoms. The molecule has 35 heavy (non-hydrogen) atoms. The molecule has 0 saturated heterocycles. The number of nitrogens with zero attached hydrogens (tertiary/aromatic N) is 2. The van der Waals surface area contributed by atoms with Crippen LogP contribution in [0.2, 0.25) is 0 Å². The SMILES string of the molecule is CCCCCCCCCCCCCCCC[n+]1ccn(C2c3ccccc3-c3ccccc32)c1.[Br-]. The van der Waals surface area contributed by atoms with Crippen molar-refractivity contribution in [2.24, 2.45) is 0 Å². The van der Waals surface area contributed by atoms with Crippen molar-refractivity contribution in [3.63, 3.8) is 0 Å². The van der Waals surface area contributed by atoms with Crippen LogP contribution in [0.3, 0.4) is 0 Å². The molecule has 4 rings (SSSR count). The fourth-order valence-corrected chi connectivity index (χ4v) is 5.63. The van der Waals surface area contributed by atoms with Crippen molar-refractivity contribution >= 4 is 0 Å². The Hall–Kier alpha value is -1.87. The molecule has 0 saturated carbocycles. The maximum Gasteiger partial charge on any atom is 0.244 e. The smallest absolute Gasteiger partial charge is 0.244 e. The molecule has 3 aromatic rings. The number of aryl methyl sites for hydroxylation is 1. The summed E-state index contributed by atoms with van der Waals surface area (Å²) in [6, 6.07) is 18.1. The molecule has 2 aromatic carbocycles. The molecule has 0 N–H and O–H groups in total. The lowest BCUT2D eigenvalue weighted by Crippen LogP contribution is -3.00. The molecule has 0 spiro atoms. The molecule has 0 fully saturated rings. The monoisotopic (exact) mass is 536 g/mol. The quantitative estimate of drug-likeness (QED) is 0.125. The second-order valence-electron chi connectivity index (χ2n) is 10.3. The predicted molar refractivity (Wildman–Crippen MR) is 144 cm³/mol. The highest BCUT2D eigenvalue weighted by atomic mass is 79.9. The number of unbranched alkanes of at least 4 members (excludes halogenated alkanes) is 13. The highest BCUT2D eigenvalue weighted by molar-refractivity contribution is 5.78. The third-order valence-electron chi connectivity index (χ3n) is 7.58. The van der Waals surface area contributed by atoms with Gasteiger partial charge in [0.25, 0.3) is 0 Å². The second-order valence-corrected chi connectivity index (χ2v) is 10.3. The van der Waals surface area contributed by atoms with Crippen LogP contribution in [0.4, 0.5) is 0 Å². The lowest BCUT2D eigenvalue weighted by atomic mass is 10.0. The number of halogens is 1. The zero-order valence-corrected chi connectivity index (χ0v) is 23.4. The minimum Gasteiger partial charge on any atom is -1.00 e. The van der Waals surface area contributed by atoms with E-state index in [4.69, 9.17) is 0 Å². The van der Waals surface area contributed by atoms with Gasteiger partial charge in [0, 0.05) is 11.1 Å². The van der Waals surface area contributed by atoms with Gasteiger partial charge in [0.1, 0.15) is 12.4 Å². The Balaban J connectivity index is 0.00000342. The van der Waals surface area contributed by atoms with Crippen LogP contribution >= 0.6 is 0 Å². The van der Waals surface area contributed by atoms with E-state index in [1.165, 1.54) is 112 Å². The molecule has 0 unspecified atom stereocenters. The Morgan fingerprint density at radius 3 is 1.60 bits per heavy atom. The summed E-state index contributed by atoms with van der Waals surface area (Å²) in [7, 11) is 0. The first-order chi connectivity index (χ1) is 16.9. The Morgan fingerprint density at radius 2 is 1.09 bits per heavy atom. The van der Waals surface area contributed by atoms with E-state index in [-0.39, 0.29) is 17.0 Å². The molecule has 1 heterocycles. The molecular formula is C32H45BrN2. The van der Waals surface area contributed by atoms with Crippen molar-refractivity contribution in [1.82, 2.24) is 4.57 Å². The first-order valence-electron chi connectivity index (χ1n) is 14.1. The Labute approximate surface area is 224 Å². The molecule has 0 atom stereocenters. The summed E-state index contributed by atoms with van der Waals surface area (Å²) in [6.45, 7) is 3.42. The van der Waals surface area contributed by atoms with Crippen LogP contribution in [-0.4, -0.2) is 4.57 Å². The fourth-order valence-electron chi connectivity index (χ4n) is 5.63. The number of imidazole rings is 1. The highest BCUT2D eigenvalue weighted by Crippen LogP contribution is 2.44. The van der Waals surface area contributed by atoms with Gasteiger partial charge in [0.15, 0.2) is 6.04 Å². The zero-order valence-electron chi connectivity index (χ0n) is 21.8. The van der Waals surface area contributed by atoms with Crippen molar-refractivity contribution in [2.45, 2.75) is 109 Å². The van der Waals surface area contributed by atoms with Crippen molar-refractivity contribution in [2.75, 3.05) is 0 Å². The van der Waals surface area contributed by atoms with Crippen LogP contribution in [0, 0.1) is 0 Å². The normalized spacial score (nSPS) is 12.4. The first-order valence-corrected chi connectivity index (χ1v) is 14.1. The van der Waals surface area contributed by atoms with Crippen molar-refractivity contribution in [1.29, 1.82) is 0 Å². The maximum absolute atomic E-state index is 2.40. The van der Waals surface area contributed by atoms with E-state index in [0.717, 1.165) is 6.54 Å². The molecule has 1 aliphatic rings. The van der Waals surface area contributed by atoms with Gasteiger partial charge >= 0.3 is 0 Å². The van der Waals surface area contributed by atoms with Crippen LogP contribution < -0.4 is 21.5 Å². The van der Waals surface area contributed by atoms with E-state index >= 15 is 0 Å². The minimum absolute atomic E-state index is 0. The Kier molecular flexibility index (Phi) is 12.1.